The second-order valence-corrected chi connectivity index (χ2v) is 10.8. The highest BCUT2D eigenvalue weighted by Crippen LogP contribution is 2.31. The van der Waals surface area contributed by atoms with E-state index in [1.54, 1.807) is 25.5 Å². The van der Waals surface area contributed by atoms with Crippen LogP contribution in [-0.2, 0) is 16.1 Å². The Bertz CT molecular complexity index is 1960. The third kappa shape index (κ3) is 4.91. The zero-order valence-electron chi connectivity index (χ0n) is 23.0. The molecule has 0 aliphatic carbocycles. The third-order valence-electron chi connectivity index (χ3n) is 7.25. The van der Waals surface area contributed by atoms with Gasteiger partial charge in [-0.25, -0.2) is 9.79 Å². The highest BCUT2D eigenvalue weighted by molar-refractivity contribution is 7.07. The molecular formula is C33H29N3O4S. The van der Waals surface area contributed by atoms with Crippen LogP contribution in [0, 0.1) is 0 Å². The number of allylic oxidation sites excluding steroid dienone is 1. The maximum atomic E-state index is 14.1. The number of fused-ring (bicyclic) bond motifs is 2. The molecule has 7 nitrogen and oxygen atoms in total. The SMILES string of the molecule is CCOC(=O)C1=C(C)N=c2s/c(=C/c3cc4ccccc4n3Cc3ccccc3)c(=O)n2[C@@H]1c1ccc(OC)cc1. The lowest BCUT2D eigenvalue weighted by molar-refractivity contribution is -0.139. The molecule has 8 heteroatoms. The smallest absolute Gasteiger partial charge is 0.338 e. The molecule has 1 aliphatic heterocycles. The number of rotatable bonds is 7. The average molecular weight is 564 g/mol. The Balaban J connectivity index is 1.54. The maximum Gasteiger partial charge on any atom is 0.338 e. The van der Waals surface area contributed by atoms with Gasteiger partial charge in [-0.2, -0.15) is 0 Å². The minimum absolute atomic E-state index is 0.208. The molecule has 0 N–H and O–H groups in total. The molecule has 3 aromatic carbocycles. The Labute approximate surface area is 240 Å². The van der Waals surface area contributed by atoms with Crippen LogP contribution >= 0.6 is 11.3 Å². The molecule has 5 aromatic rings. The fraction of sp³-hybridized carbons (Fsp3) is 0.182. The van der Waals surface area contributed by atoms with E-state index in [0.29, 0.717) is 32.9 Å². The molecule has 41 heavy (non-hydrogen) atoms. The zero-order valence-corrected chi connectivity index (χ0v) is 23.9. The van der Waals surface area contributed by atoms with Gasteiger partial charge in [0.25, 0.3) is 5.56 Å². The second-order valence-electron chi connectivity index (χ2n) is 9.78. The highest BCUT2D eigenvalue weighted by atomic mass is 32.1. The van der Waals surface area contributed by atoms with Crippen molar-refractivity contribution in [3.8, 4) is 5.75 Å². The lowest BCUT2D eigenvalue weighted by Crippen LogP contribution is -2.40. The number of hydrogen-bond donors (Lipinski definition) is 0. The Morgan fingerprint density at radius 1 is 1.02 bits per heavy atom. The molecule has 2 aromatic heterocycles. The summed E-state index contributed by atoms with van der Waals surface area (Å²) < 4.78 is 15.1. The fourth-order valence-electron chi connectivity index (χ4n) is 5.32. The van der Waals surface area contributed by atoms with E-state index < -0.39 is 12.0 Å². The summed E-state index contributed by atoms with van der Waals surface area (Å²) in [5.74, 6) is 0.206. The summed E-state index contributed by atoms with van der Waals surface area (Å²) in [6.07, 6.45) is 1.93. The molecule has 3 heterocycles. The summed E-state index contributed by atoms with van der Waals surface area (Å²) in [6.45, 7) is 4.44. The van der Waals surface area contributed by atoms with Gasteiger partial charge in [-0.05, 0) is 55.3 Å². The van der Waals surface area contributed by atoms with Gasteiger partial charge < -0.3 is 14.0 Å². The van der Waals surface area contributed by atoms with Crippen molar-refractivity contribution in [1.29, 1.82) is 0 Å². The van der Waals surface area contributed by atoms with Crippen LogP contribution in [0.3, 0.4) is 0 Å². The first-order valence-corrected chi connectivity index (χ1v) is 14.3. The third-order valence-corrected chi connectivity index (χ3v) is 8.24. The van der Waals surface area contributed by atoms with Gasteiger partial charge in [-0.3, -0.25) is 9.36 Å². The molecule has 0 fully saturated rings. The Kier molecular flexibility index (Phi) is 7.15. The van der Waals surface area contributed by atoms with E-state index in [1.807, 2.05) is 60.7 Å². The van der Waals surface area contributed by atoms with Crippen LogP contribution < -0.4 is 19.6 Å². The summed E-state index contributed by atoms with van der Waals surface area (Å²) in [4.78, 5) is 32.5. The number of benzene rings is 3. The number of carbonyl (C=O) groups is 1. The van der Waals surface area contributed by atoms with Gasteiger partial charge in [-0.15, -0.1) is 0 Å². The van der Waals surface area contributed by atoms with Gasteiger partial charge in [0.2, 0.25) is 0 Å². The van der Waals surface area contributed by atoms with Crippen molar-refractivity contribution in [3.05, 3.63) is 133 Å². The van der Waals surface area contributed by atoms with E-state index in [0.717, 1.165) is 22.2 Å². The molecule has 0 saturated carbocycles. The number of carbonyl (C=O) groups excluding carboxylic acids is 1. The van der Waals surface area contributed by atoms with Crippen molar-refractivity contribution in [3.63, 3.8) is 0 Å². The zero-order chi connectivity index (χ0) is 28.5. The van der Waals surface area contributed by atoms with E-state index in [4.69, 9.17) is 14.5 Å². The quantitative estimate of drug-likeness (QED) is 0.267. The van der Waals surface area contributed by atoms with Crippen LogP contribution in [0.4, 0.5) is 0 Å². The Morgan fingerprint density at radius 2 is 1.76 bits per heavy atom. The van der Waals surface area contributed by atoms with Crippen LogP contribution in [0.1, 0.15) is 36.7 Å². The van der Waals surface area contributed by atoms with Gasteiger partial charge in [0.15, 0.2) is 4.80 Å². The molecule has 6 rings (SSSR count). The van der Waals surface area contributed by atoms with E-state index in [9.17, 15) is 9.59 Å². The number of thiazole rings is 1. The van der Waals surface area contributed by atoms with Gasteiger partial charge in [0, 0.05) is 23.1 Å². The van der Waals surface area contributed by atoms with Gasteiger partial charge in [0.05, 0.1) is 35.6 Å². The molecular weight excluding hydrogens is 534 g/mol. The number of esters is 1. The lowest BCUT2D eigenvalue weighted by Gasteiger charge is -2.24. The van der Waals surface area contributed by atoms with Gasteiger partial charge in [-0.1, -0.05) is 72.0 Å². The van der Waals surface area contributed by atoms with Crippen molar-refractivity contribution in [2.24, 2.45) is 4.99 Å². The standard InChI is InChI=1S/C33H29N3O4S/c1-4-40-32(38)29-21(2)34-33-36(30(29)23-14-16-26(39-3)17-15-23)31(37)28(41-33)19-25-18-24-12-8-9-13-27(24)35(25)20-22-10-6-5-7-11-22/h5-19,30H,4,20H2,1-3H3/b28-19+/t30-/m1/s1. The summed E-state index contributed by atoms with van der Waals surface area (Å²) >= 11 is 1.32. The van der Waals surface area contributed by atoms with Crippen LogP contribution in [0.5, 0.6) is 5.75 Å². The molecule has 0 spiro atoms. The molecule has 206 valence electrons. The van der Waals surface area contributed by atoms with E-state index in [-0.39, 0.29) is 12.2 Å². The van der Waals surface area contributed by atoms with Crippen LogP contribution in [0.25, 0.3) is 17.0 Å². The van der Waals surface area contributed by atoms with Crippen molar-refractivity contribution >= 4 is 34.3 Å². The summed E-state index contributed by atoms with van der Waals surface area (Å²) in [5, 5.41) is 1.10. The highest BCUT2D eigenvalue weighted by Gasteiger charge is 2.33. The van der Waals surface area contributed by atoms with Crippen LogP contribution in [-0.4, -0.2) is 28.8 Å². The molecule has 0 amide bonds. The molecule has 1 aliphatic rings. The maximum absolute atomic E-state index is 14.1. The molecule has 1 atom stereocenters. The van der Waals surface area contributed by atoms with Crippen molar-refractivity contribution in [1.82, 2.24) is 9.13 Å². The van der Waals surface area contributed by atoms with Gasteiger partial charge in [0.1, 0.15) is 5.75 Å². The molecule has 0 unspecified atom stereocenters. The number of ether oxygens (including phenoxy) is 2. The second kappa shape index (κ2) is 11.1. The molecule has 0 saturated heterocycles. The largest absolute Gasteiger partial charge is 0.497 e. The Hall–Kier alpha value is -4.69. The fourth-order valence-corrected chi connectivity index (χ4v) is 6.35. The summed E-state index contributed by atoms with van der Waals surface area (Å²) in [6, 6.07) is 27.3. The molecule has 0 bridgehead atoms. The molecule has 0 radical (unpaired) electrons. The van der Waals surface area contributed by atoms with Crippen molar-refractivity contribution in [2.75, 3.05) is 13.7 Å². The number of para-hydroxylation sites is 1. The Morgan fingerprint density at radius 3 is 2.49 bits per heavy atom. The number of aromatic nitrogens is 2. The predicted octanol–water partition coefficient (Wildman–Crippen LogP) is 4.81. The number of nitrogens with zero attached hydrogens (tertiary/aromatic N) is 3. The van der Waals surface area contributed by atoms with Crippen molar-refractivity contribution < 1.29 is 14.3 Å². The lowest BCUT2D eigenvalue weighted by atomic mass is 9.96. The number of hydrogen-bond acceptors (Lipinski definition) is 6. The topological polar surface area (TPSA) is 74.8 Å². The van der Waals surface area contributed by atoms with E-state index in [1.165, 1.54) is 16.9 Å². The van der Waals surface area contributed by atoms with E-state index >= 15 is 0 Å². The van der Waals surface area contributed by atoms with Gasteiger partial charge >= 0.3 is 5.97 Å². The number of methoxy groups -OCH3 is 1. The first kappa shape index (κ1) is 26.5. The predicted molar refractivity (Wildman–Crippen MR) is 161 cm³/mol. The van der Waals surface area contributed by atoms with Crippen molar-refractivity contribution in [2.45, 2.75) is 26.4 Å². The van der Waals surface area contributed by atoms with Crippen LogP contribution in [0.15, 0.2) is 106 Å². The summed E-state index contributed by atoms with van der Waals surface area (Å²) in [7, 11) is 1.60. The minimum Gasteiger partial charge on any atom is -0.497 e. The van der Waals surface area contributed by atoms with Crippen LogP contribution in [0.2, 0.25) is 0 Å². The first-order valence-electron chi connectivity index (χ1n) is 13.4. The monoisotopic (exact) mass is 563 g/mol. The minimum atomic E-state index is -0.673. The first-order chi connectivity index (χ1) is 20.0. The van der Waals surface area contributed by atoms with E-state index in [2.05, 4.69) is 34.9 Å². The summed E-state index contributed by atoms with van der Waals surface area (Å²) in [5.41, 5.74) is 4.63. The normalized spacial score (nSPS) is 15.1. The average Bonchev–Trinajstić information content (AvgIpc) is 3.49.